The van der Waals surface area contributed by atoms with E-state index in [4.69, 9.17) is 0 Å². The Balaban J connectivity index is 1.76. The van der Waals surface area contributed by atoms with E-state index in [1.54, 1.807) is 0 Å². The van der Waals surface area contributed by atoms with Crippen LogP contribution in [-0.2, 0) is 4.79 Å². The highest BCUT2D eigenvalue weighted by molar-refractivity contribution is 5.76. The van der Waals surface area contributed by atoms with Gasteiger partial charge in [0.25, 0.3) is 0 Å². The number of likely N-dealkylation sites (tertiary alicyclic amines) is 1. The first kappa shape index (κ1) is 10.9. The van der Waals surface area contributed by atoms with Gasteiger partial charge in [0.05, 0.1) is 6.10 Å². The predicted octanol–water partition coefficient (Wildman–Crippen LogP) is 1.41. The molecule has 2 aliphatic rings. The van der Waals surface area contributed by atoms with Crippen molar-refractivity contribution < 1.29 is 9.90 Å². The van der Waals surface area contributed by atoms with Crippen LogP contribution in [0, 0.1) is 11.8 Å². The number of aliphatic hydroxyl groups is 1. The molecule has 1 saturated carbocycles. The number of carbonyl (C=O) groups is 1. The van der Waals surface area contributed by atoms with E-state index >= 15 is 0 Å². The van der Waals surface area contributed by atoms with Crippen LogP contribution >= 0.6 is 0 Å². The summed E-state index contributed by atoms with van der Waals surface area (Å²) in [5.74, 6) is 1.27. The third kappa shape index (κ3) is 2.51. The van der Waals surface area contributed by atoms with Gasteiger partial charge in [-0.25, -0.2) is 0 Å². The molecule has 1 heterocycles. The molecule has 1 amide bonds. The molecule has 1 saturated heterocycles. The average molecular weight is 211 g/mol. The van der Waals surface area contributed by atoms with Crippen LogP contribution in [0.5, 0.6) is 0 Å². The second-order valence-electron chi connectivity index (χ2n) is 5.13. The van der Waals surface area contributed by atoms with Crippen LogP contribution in [0.4, 0.5) is 0 Å². The quantitative estimate of drug-likeness (QED) is 0.766. The van der Waals surface area contributed by atoms with Crippen LogP contribution in [0.15, 0.2) is 0 Å². The van der Waals surface area contributed by atoms with Crippen molar-refractivity contribution in [3.8, 4) is 0 Å². The summed E-state index contributed by atoms with van der Waals surface area (Å²) in [6.45, 7) is 3.44. The number of aliphatic hydroxyl groups excluding tert-OH is 1. The molecule has 2 unspecified atom stereocenters. The lowest BCUT2D eigenvalue weighted by Crippen LogP contribution is -2.32. The van der Waals surface area contributed by atoms with Gasteiger partial charge in [-0.1, -0.05) is 6.42 Å². The summed E-state index contributed by atoms with van der Waals surface area (Å²) in [7, 11) is 0. The van der Waals surface area contributed by atoms with Crippen LogP contribution in [-0.4, -0.2) is 35.1 Å². The molecule has 0 spiro atoms. The average Bonchev–Trinajstić information content (AvgIpc) is 2.59. The van der Waals surface area contributed by atoms with Crippen LogP contribution in [0.1, 0.15) is 39.0 Å². The Morgan fingerprint density at radius 2 is 2.20 bits per heavy atom. The highest BCUT2D eigenvalue weighted by Gasteiger charge is 2.30. The Bertz CT molecular complexity index is 236. The molecule has 0 aromatic carbocycles. The van der Waals surface area contributed by atoms with E-state index in [2.05, 4.69) is 0 Å². The summed E-state index contributed by atoms with van der Waals surface area (Å²) >= 11 is 0. The molecule has 3 nitrogen and oxygen atoms in total. The van der Waals surface area contributed by atoms with Crippen molar-refractivity contribution in [2.24, 2.45) is 11.8 Å². The number of amides is 1. The molecule has 2 atom stereocenters. The number of hydrogen-bond acceptors (Lipinski definition) is 2. The lowest BCUT2D eigenvalue weighted by molar-refractivity contribution is -0.132. The van der Waals surface area contributed by atoms with Gasteiger partial charge in [-0.2, -0.15) is 0 Å². The van der Waals surface area contributed by atoms with Gasteiger partial charge in [0.2, 0.25) is 5.91 Å². The fourth-order valence-electron chi connectivity index (χ4n) is 2.48. The molecule has 1 aliphatic heterocycles. The summed E-state index contributed by atoms with van der Waals surface area (Å²) in [5.41, 5.74) is 0. The first-order chi connectivity index (χ1) is 7.16. The SMILES string of the molecule is CC(O)C1CCN(C(=O)CC2CCC2)C1. The minimum Gasteiger partial charge on any atom is -0.393 e. The maximum atomic E-state index is 11.9. The van der Waals surface area contributed by atoms with Crippen molar-refractivity contribution >= 4 is 5.91 Å². The maximum absolute atomic E-state index is 11.9. The van der Waals surface area contributed by atoms with Crippen molar-refractivity contribution in [3.63, 3.8) is 0 Å². The predicted molar refractivity (Wildman–Crippen MR) is 58.3 cm³/mol. The smallest absolute Gasteiger partial charge is 0.222 e. The van der Waals surface area contributed by atoms with Crippen molar-refractivity contribution in [2.75, 3.05) is 13.1 Å². The molecular weight excluding hydrogens is 190 g/mol. The van der Waals surface area contributed by atoms with E-state index in [0.29, 0.717) is 17.7 Å². The number of rotatable bonds is 3. The van der Waals surface area contributed by atoms with Gasteiger partial charge in [0.1, 0.15) is 0 Å². The fraction of sp³-hybridized carbons (Fsp3) is 0.917. The van der Waals surface area contributed by atoms with Crippen molar-refractivity contribution in [1.82, 2.24) is 4.90 Å². The fourth-order valence-corrected chi connectivity index (χ4v) is 2.48. The van der Waals surface area contributed by atoms with Gasteiger partial charge >= 0.3 is 0 Å². The Morgan fingerprint density at radius 1 is 1.47 bits per heavy atom. The van der Waals surface area contributed by atoms with Crippen molar-refractivity contribution in [2.45, 2.75) is 45.1 Å². The minimum atomic E-state index is -0.272. The van der Waals surface area contributed by atoms with E-state index in [0.717, 1.165) is 25.9 Å². The van der Waals surface area contributed by atoms with E-state index in [1.807, 2.05) is 11.8 Å². The Hall–Kier alpha value is -0.570. The van der Waals surface area contributed by atoms with E-state index in [-0.39, 0.29) is 6.10 Å². The monoisotopic (exact) mass is 211 g/mol. The van der Waals surface area contributed by atoms with E-state index in [9.17, 15) is 9.90 Å². The molecule has 3 heteroatoms. The van der Waals surface area contributed by atoms with Crippen LogP contribution in [0.3, 0.4) is 0 Å². The molecule has 15 heavy (non-hydrogen) atoms. The molecule has 0 aromatic heterocycles. The standard InChI is InChI=1S/C12H21NO2/c1-9(14)11-5-6-13(8-11)12(15)7-10-3-2-4-10/h9-11,14H,2-8H2,1H3. The largest absolute Gasteiger partial charge is 0.393 e. The van der Waals surface area contributed by atoms with Gasteiger partial charge in [-0.05, 0) is 32.1 Å². The van der Waals surface area contributed by atoms with E-state index < -0.39 is 0 Å². The van der Waals surface area contributed by atoms with Crippen LogP contribution in [0.2, 0.25) is 0 Å². The van der Waals surface area contributed by atoms with Gasteiger partial charge in [-0.15, -0.1) is 0 Å². The molecule has 86 valence electrons. The second kappa shape index (κ2) is 4.52. The van der Waals surface area contributed by atoms with Gasteiger partial charge < -0.3 is 10.0 Å². The van der Waals surface area contributed by atoms with Crippen LogP contribution in [0.25, 0.3) is 0 Å². The summed E-state index contributed by atoms with van der Waals surface area (Å²) in [4.78, 5) is 13.8. The Morgan fingerprint density at radius 3 is 2.67 bits per heavy atom. The van der Waals surface area contributed by atoms with Gasteiger partial charge in [0.15, 0.2) is 0 Å². The summed E-state index contributed by atoms with van der Waals surface area (Å²) in [6, 6.07) is 0. The van der Waals surface area contributed by atoms with Crippen LogP contribution < -0.4 is 0 Å². The summed E-state index contributed by atoms with van der Waals surface area (Å²) in [5, 5.41) is 9.45. The highest BCUT2D eigenvalue weighted by Crippen LogP contribution is 2.31. The minimum absolute atomic E-state index is 0.272. The number of nitrogens with zero attached hydrogens (tertiary/aromatic N) is 1. The molecule has 0 bridgehead atoms. The Labute approximate surface area is 91.5 Å². The maximum Gasteiger partial charge on any atom is 0.222 e. The normalized spacial score (nSPS) is 28.9. The number of hydrogen-bond donors (Lipinski definition) is 1. The highest BCUT2D eigenvalue weighted by atomic mass is 16.3. The van der Waals surface area contributed by atoms with Gasteiger partial charge in [-0.3, -0.25) is 4.79 Å². The third-order valence-electron chi connectivity index (χ3n) is 3.95. The molecule has 1 N–H and O–H groups in total. The second-order valence-corrected chi connectivity index (χ2v) is 5.13. The third-order valence-corrected chi connectivity index (χ3v) is 3.95. The summed E-state index contributed by atoms with van der Waals surface area (Å²) in [6.07, 6.45) is 5.21. The lowest BCUT2D eigenvalue weighted by atomic mass is 9.83. The first-order valence-corrected chi connectivity index (χ1v) is 6.12. The van der Waals surface area contributed by atoms with Gasteiger partial charge in [0, 0.05) is 25.4 Å². The Kier molecular flexibility index (Phi) is 3.29. The topological polar surface area (TPSA) is 40.5 Å². The molecule has 2 rings (SSSR count). The van der Waals surface area contributed by atoms with E-state index in [1.165, 1.54) is 19.3 Å². The van der Waals surface area contributed by atoms with Crippen molar-refractivity contribution in [1.29, 1.82) is 0 Å². The zero-order valence-electron chi connectivity index (χ0n) is 9.48. The lowest BCUT2D eigenvalue weighted by Gasteiger charge is -2.27. The molecule has 0 radical (unpaired) electrons. The van der Waals surface area contributed by atoms with Crippen molar-refractivity contribution in [3.05, 3.63) is 0 Å². The molecule has 1 aliphatic carbocycles. The number of carbonyl (C=O) groups excluding carboxylic acids is 1. The molecule has 0 aromatic rings. The zero-order valence-corrected chi connectivity index (χ0v) is 9.48. The molecule has 2 fully saturated rings. The summed E-state index contributed by atoms with van der Waals surface area (Å²) < 4.78 is 0. The molecular formula is C12H21NO2. The zero-order chi connectivity index (χ0) is 10.8. The first-order valence-electron chi connectivity index (χ1n) is 6.12.